The second-order valence-corrected chi connectivity index (χ2v) is 8.87. The molecule has 1 aromatic heterocycles. The fraction of sp³-hybridized carbons (Fsp3) is 0.400. The molecular weight excluding hydrogens is 462 g/mol. The number of aromatic hydroxyl groups is 1. The third kappa shape index (κ3) is 3.27. The Labute approximate surface area is 182 Å². The summed E-state index contributed by atoms with van der Waals surface area (Å²) in [6.45, 7) is 4.52. The van der Waals surface area contributed by atoms with Crippen molar-refractivity contribution in [3.8, 4) is 11.5 Å². The third-order valence-electron chi connectivity index (χ3n) is 5.12. The minimum absolute atomic E-state index is 0.0458. The molecule has 1 aromatic carbocycles. The highest BCUT2D eigenvalue weighted by atomic mass is 79.9. The minimum atomic E-state index is -0.149. The van der Waals surface area contributed by atoms with E-state index in [1.165, 1.54) is 0 Å². The fourth-order valence-corrected chi connectivity index (χ4v) is 5.86. The maximum absolute atomic E-state index is 10.4. The van der Waals surface area contributed by atoms with Gasteiger partial charge >= 0.3 is 0 Å². The van der Waals surface area contributed by atoms with Crippen LogP contribution >= 0.6 is 39.3 Å². The lowest BCUT2D eigenvalue weighted by atomic mass is 9.95. The monoisotopic (exact) mass is 481 g/mol. The summed E-state index contributed by atoms with van der Waals surface area (Å²) in [5.41, 5.74) is 1.86. The Balaban J connectivity index is 1.87. The summed E-state index contributed by atoms with van der Waals surface area (Å²) in [6, 6.07) is 7.95. The van der Waals surface area contributed by atoms with E-state index in [0.29, 0.717) is 22.9 Å². The van der Waals surface area contributed by atoms with Gasteiger partial charge in [0.2, 0.25) is 0 Å². The van der Waals surface area contributed by atoms with Crippen LogP contribution in [-0.2, 0) is 0 Å². The molecule has 3 atom stereocenters. The molecular formula is C20H21BrClN3O2S. The van der Waals surface area contributed by atoms with Crippen molar-refractivity contribution in [1.82, 2.24) is 9.88 Å². The van der Waals surface area contributed by atoms with E-state index in [2.05, 4.69) is 32.7 Å². The molecule has 2 aliphatic heterocycles. The number of thioether (sulfide) groups is 1. The minimum Gasteiger partial charge on any atom is -0.503 e. The lowest BCUT2D eigenvalue weighted by Gasteiger charge is -2.33. The molecule has 3 heterocycles. The molecule has 8 heteroatoms. The summed E-state index contributed by atoms with van der Waals surface area (Å²) in [6.07, 6.45) is 2.82. The van der Waals surface area contributed by atoms with Crippen molar-refractivity contribution in [2.75, 3.05) is 12.4 Å². The van der Waals surface area contributed by atoms with Gasteiger partial charge < -0.3 is 14.7 Å². The molecule has 5 nitrogen and oxygen atoms in total. The number of fused-ring (bicyclic) bond motifs is 1. The summed E-state index contributed by atoms with van der Waals surface area (Å²) >= 11 is 11.9. The molecule has 1 N–H and O–H groups in total. The van der Waals surface area contributed by atoms with Gasteiger partial charge in [-0.3, -0.25) is 9.98 Å². The Morgan fingerprint density at radius 1 is 1.39 bits per heavy atom. The van der Waals surface area contributed by atoms with Crippen LogP contribution in [0.5, 0.6) is 11.5 Å². The van der Waals surface area contributed by atoms with Crippen molar-refractivity contribution in [3.05, 3.63) is 51.2 Å². The number of phenolic OH excluding ortho intramolecular Hbond substituents is 1. The number of halogens is 2. The molecule has 148 valence electrons. The number of phenols is 1. The first-order valence-corrected chi connectivity index (χ1v) is 11.5. The van der Waals surface area contributed by atoms with Crippen molar-refractivity contribution >= 4 is 44.5 Å². The van der Waals surface area contributed by atoms with Crippen molar-refractivity contribution in [2.24, 2.45) is 4.99 Å². The molecule has 28 heavy (non-hydrogen) atoms. The summed E-state index contributed by atoms with van der Waals surface area (Å²) < 4.78 is 6.32. The summed E-state index contributed by atoms with van der Waals surface area (Å²) in [5, 5.41) is 11.7. The summed E-state index contributed by atoms with van der Waals surface area (Å²) in [7, 11) is 0. The lowest BCUT2D eigenvalue weighted by molar-refractivity contribution is 0.253. The quantitative estimate of drug-likeness (QED) is 0.603. The van der Waals surface area contributed by atoms with E-state index in [4.69, 9.17) is 21.3 Å². The highest BCUT2D eigenvalue weighted by molar-refractivity contribution is 9.10. The second-order valence-electron chi connectivity index (χ2n) is 6.71. The zero-order valence-electron chi connectivity index (χ0n) is 15.6. The molecule has 0 unspecified atom stereocenters. The molecule has 0 saturated carbocycles. The van der Waals surface area contributed by atoms with Crippen LogP contribution in [0, 0.1) is 0 Å². The largest absolute Gasteiger partial charge is 0.503 e. The third-order valence-corrected chi connectivity index (χ3v) is 7.70. The number of hydrogen-bond acceptors (Lipinski definition) is 6. The highest BCUT2D eigenvalue weighted by Gasteiger charge is 2.46. The van der Waals surface area contributed by atoms with Crippen molar-refractivity contribution in [1.29, 1.82) is 0 Å². The van der Waals surface area contributed by atoms with Crippen LogP contribution in [0.2, 0.25) is 5.02 Å². The van der Waals surface area contributed by atoms with Crippen molar-refractivity contribution in [3.63, 3.8) is 0 Å². The van der Waals surface area contributed by atoms with E-state index in [9.17, 15) is 5.11 Å². The van der Waals surface area contributed by atoms with E-state index in [-0.39, 0.29) is 22.9 Å². The Bertz CT molecular complexity index is 912. The molecule has 0 amide bonds. The maximum atomic E-state index is 10.4. The number of aliphatic imine (C=N–C) groups is 1. The van der Waals surface area contributed by atoms with Crippen LogP contribution in [0.3, 0.4) is 0 Å². The number of ether oxygens (including phenoxy) is 1. The Morgan fingerprint density at radius 3 is 2.89 bits per heavy atom. The average Bonchev–Trinajstić information content (AvgIpc) is 3.28. The lowest BCUT2D eigenvalue weighted by Crippen LogP contribution is -2.35. The second kappa shape index (κ2) is 8.13. The molecule has 1 fully saturated rings. The standard InChI is InChI=1S/C20H21BrClN3O2S/c1-3-11-10-28-20-24-17(13-7-5-6-8-23-13)18(25(11)20)12-9-14(27-4-2)19(26)16(22)15(12)21/h5-9,11,17-18,26H,3-4,10H2,1-2H3/t11-,17+,18-/m1/s1. The highest BCUT2D eigenvalue weighted by Crippen LogP contribution is 2.53. The van der Waals surface area contributed by atoms with Gasteiger partial charge in [0.15, 0.2) is 16.7 Å². The Kier molecular flexibility index (Phi) is 5.76. The van der Waals surface area contributed by atoms with Crippen LogP contribution < -0.4 is 4.74 Å². The van der Waals surface area contributed by atoms with Gasteiger partial charge in [-0.05, 0) is 53.0 Å². The number of aromatic nitrogens is 1. The number of amidine groups is 1. The Hall–Kier alpha value is -1.44. The van der Waals surface area contributed by atoms with E-state index in [1.807, 2.05) is 31.2 Å². The molecule has 2 aromatic rings. The van der Waals surface area contributed by atoms with Gasteiger partial charge in [-0.1, -0.05) is 36.4 Å². The first-order valence-electron chi connectivity index (χ1n) is 9.30. The summed E-state index contributed by atoms with van der Waals surface area (Å²) in [4.78, 5) is 12.0. The zero-order chi connectivity index (χ0) is 19.8. The molecule has 4 rings (SSSR count). The van der Waals surface area contributed by atoms with Crippen LogP contribution in [0.25, 0.3) is 0 Å². The molecule has 0 radical (unpaired) electrons. The number of benzene rings is 1. The predicted octanol–water partition coefficient (Wildman–Crippen LogP) is 5.58. The van der Waals surface area contributed by atoms with E-state index in [0.717, 1.165) is 28.6 Å². The van der Waals surface area contributed by atoms with Gasteiger partial charge in [0.05, 0.1) is 18.3 Å². The smallest absolute Gasteiger partial charge is 0.177 e. The number of rotatable bonds is 5. The van der Waals surface area contributed by atoms with Gasteiger partial charge in [-0.15, -0.1) is 0 Å². The van der Waals surface area contributed by atoms with Gasteiger partial charge in [-0.2, -0.15) is 0 Å². The fourth-order valence-electron chi connectivity index (χ4n) is 3.78. The molecule has 0 aliphatic carbocycles. The SMILES string of the molecule is CCOc1cc([C@@H]2[C@H](c3ccccn3)N=C3SC[C@@H](CC)N32)c(Br)c(Cl)c1O. The van der Waals surface area contributed by atoms with Crippen molar-refractivity contribution < 1.29 is 9.84 Å². The molecule has 0 bridgehead atoms. The topological polar surface area (TPSA) is 58.0 Å². The van der Waals surface area contributed by atoms with Crippen LogP contribution in [0.4, 0.5) is 0 Å². The van der Waals surface area contributed by atoms with Gasteiger partial charge in [0.1, 0.15) is 11.1 Å². The van der Waals surface area contributed by atoms with Crippen LogP contribution in [-0.4, -0.2) is 38.6 Å². The van der Waals surface area contributed by atoms with Crippen LogP contribution in [0.15, 0.2) is 39.9 Å². The molecule has 2 aliphatic rings. The zero-order valence-corrected chi connectivity index (χ0v) is 18.8. The Morgan fingerprint density at radius 2 is 2.21 bits per heavy atom. The van der Waals surface area contributed by atoms with Gasteiger partial charge in [-0.25, -0.2) is 0 Å². The van der Waals surface area contributed by atoms with Crippen LogP contribution in [0.1, 0.15) is 43.6 Å². The van der Waals surface area contributed by atoms with E-state index in [1.54, 1.807) is 18.0 Å². The normalized spacial score (nSPS) is 23.6. The number of nitrogens with zero attached hydrogens (tertiary/aromatic N) is 3. The number of hydrogen-bond donors (Lipinski definition) is 1. The van der Waals surface area contributed by atoms with Crippen molar-refractivity contribution in [2.45, 2.75) is 38.4 Å². The van der Waals surface area contributed by atoms with Gasteiger partial charge in [0.25, 0.3) is 0 Å². The van der Waals surface area contributed by atoms with E-state index < -0.39 is 0 Å². The molecule has 1 saturated heterocycles. The number of pyridine rings is 1. The summed E-state index contributed by atoms with van der Waals surface area (Å²) in [5.74, 6) is 1.36. The first kappa shape index (κ1) is 19.9. The van der Waals surface area contributed by atoms with E-state index >= 15 is 0 Å². The first-order chi connectivity index (χ1) is 13.6. The predicted molar refractivity (Wildman–Crippen MR) is 118 cm³/mol. The maximum Gasteiger partial charge on any atom is 0.177 e. The van der Waals surface area contributed by atoms with Gasteiger partial charge in [0, 0.05) is 22.5 Å². The molecule has 0 spiro atoms. The average molecular weight is 483 g/mol.